The van der Waals surface area contributed by atoms with Gasteiger partial charge in [-0.05, 0) is 19.1 Å². The van der Waals surface area contributed by atoms with E-state index < -0.39 is 0 Å². The van der Waals surface area contributed by atoms with Gasteiger partial charge in [0.2, 0.25) is 0 Å². The van der Waals surface area contributed by atoms with Crippen LogP contribution in [-0.2, 0) is 11.3 Å². The topological polar surface area (TPSA) is 47.2 Å². The molecule has 0 spiro atoms. The molecule has 0 aromatic heterocycles. The van der Waals surface area contributed by atoms with E-state index in [1.807, 2.05) is 31.2 Å². The van der Waals surface area contributed by atoms with Crippen LogP contribution in [0, 0.1) is 0 Å². The molecular weight excluding hydrogens is 326 g/mol. The van der Waals surface area contributed by atoms with Crippen molar-refractivity contribution in [2.75, 3.05) is 38.6 Å². The summed E-state index contributed by atoms with van der Waals surface area (Å²) in [6, 6.07) is 18.1. The maximum Gasteiger partial charge on any atom is 0.282 e. The molecule has 0 radical (unpaired) electrons. The fourth-order valence-electron chi connectivity index (χ4n) is 3.59. The van der Waals surface area contributed by atoms with Gasteiger partial charge in [-0.25, -0.2) is 0 Å². The molecule has 2 aromatic rings. The summed E-state index contributed by atoms with van der Waals surface area (Å²) in [4.78, 5) is 15.6. The number of para-hydroxylation sites is 2. The van der Waals surface area contributed by atoms with Gasteiger partial charge in [0.25, 0.3) is 5.91 Å². The molecule has 1 aliphatic heterocycles. The molecule has 1 saturated heterocycles. The number of rotatable bonds is 6. The van der Waals surface area contributed by atoms with E-state index in [0.717, 1.165) is 38.4 Å². The first-order valence-corrected chi connectivity index (χ1v) is 9.33. The minimum absolute atomic E-state index is 0.0519. The fourth-order valence-corrected chi connectivity index (χ4v) is 3.59. The molecule has 3 N–H and O–H groups in total. The number of piperazine rings is 1. The molecule has 3 rings (SSSR count). The van der Waals surface area contributed by atoms with Crippen molar-refractivity contribution in [1.29, 1.82) is 0 Å². The number of carbonyl (C=O) groups excluding carboxylic acids is 1. The molecule has 5 nitrogen and oxygen atoms in total. The van der Waals surface area contributed by atoms with E-state index in [-0.39, 0.29) is 11.9 Å². The quantitative estimate of drug-likeness (QED) is 0.684. The zero-order chi connectivity index (χ0) is 18.4. The van der Waals surface area contributed by atoms with Crippen LogP contribution >= 0.6 is 0 Å². The minimum atomic E-state index is -0.0711. The van der Waals surface area contributed by atoms with E-state index in [1.54, 1.807) is 12.0 Å². The number of nitrogens with one attached hydrogen (secondary N) is 3. The van der Waals surface area contributed by atoms with Crippen molar-refractivity contribution in [3.05, 3.63) is 60.2 Å². The Bertz CT molecular complexity index is 712. The number of benzene rings is 2. The van der Waals surface area contributed by atoms with Gasteiger partial charge in [-0.2, -0.15) is 0 Å². The summed E-state index contributed by atoms with van der Waals surface area (Å²) >= 11 is 0. The zero-order valence-corrected chi connectivity index (χ0v) is 15.6. The molecule has 5 heteroatoms. The van der Waals surface area contributed by atoms with Gasteiger partial charge in [0, 0.05) is 5.56 Å². The highest BCUT2D eigenvalue weighted by atomic mass is 16.5. The highest BCUT2D eigenvalue weighted by molar-refractivity contribution is 5.94. The van der Waals surface area contributed by atoms with Crippen LogP contribution in [0.25, 0.3) is 0 Å². The first-order valence-electron chi connectivity index (χ1n) is 9.33. The van der Waals surface area contributed by atoms with Crippen LogP contribution in [0.1, 0.15) is 12.5 Å². The number of amides is 1. The molecule has 138 valence electrons. The summed E-state index contributed by atoms with van der Waals surface area (Å²) in [6.07, 6.45) is 0. The summed E-state index contributed by atoms with van der Waals surface area (Å²) in [6.45, 7) is 7.30. The van der Waals surface area contributed by atoms with Crippen molar-refractivity contribution in [1.82, 2.24) is 0 Å². The third-order valence-electron chi connectivity index (χ3n) is 5.27. The van der Waals surface area contributed by atoms with Gasteiger partial charge in [-0.3, -0.25) is 4.79 Å². The van der Waals surface area contributed by atoms with Crippen molar-refractivity contribution >= 4 is 11.6 Å². The maximum absolute atomic E-state index is 12.7. The smallest absolute Gasteiger partial charge is 0.282 e. The zero-order valence-electron chi connectivity index (χ0n) is 15.6. The average molecular weight is 355 g/mol. The predicted molar refractivity (Wildman–Crippen MR) is 103 cm³/mol. The van der Waals surface area contributed by atoms with Crippen LogP contribution in [0.4, 0.5) is 5.69 Å². The third-order valence-corrected chi connectivity index (χ3v) is 5.27. The number of ether oxygens (including phenoxy) is 1. The largest absolute Gasteiger partial charge is 0.495 e. The van der Waals surface area contributed by atoms with Crippen molar-refractivity contribution in [3.8, 4) is 5.75 Å². The number of methoxy groups -OCH3 is 1. The number of carbonyl (C=O) groups is 1. The highest BCUT2D eigenvalue weighted by Crippen LogP contribution is 2.22. The van der Waals surface area contributed by atoms with Crippen molar-refractivity contribution in [2.24, 2.45) is 0 Å². The second kappa shape index (κ2) is 8.83. The van der Waals surface area contributed by atoms with E-state index in [9.17, 15) is 4.79 Å². The molecule has 1 aliphatic rings. The van der Waals surface area contributed by atoms with Crippen molar-refractivity contribution in [3.63, 3.8) is 0 Å². The summed E-state index contributed by atoms with van der Waals surface area (Å²) in [5.74, 6) is 0.746. The maximum atomic E-state index is 12.7. The van der Waals surface area contributed by atoms with E-state index in [1.165, 1.54) is 10.5 Å². The van der Waals surface area contributed by atoms with Crippen molar-refractivity contribution < 1.29 is 19.3 Å². The second-order valence-corrected chi connectivity index (χ2v) is 6.98. The summed E-state index contributed by atoms with van der Waals surface area (Å²) < 4.78 is 5.32. The standard InChI is InChI=1S/C21H27N3O2/c1-17(21(25)22-19-10-6-7-11-20(19)26-2)24-14-12-23(13-15-24)16-18-8-4-3-5-9-18/h3-11,17H,12-16H2,1-2H3,(H,22,25)/p+2/t17-/m0/s1. The average Bonchev–Trinajstić information content (AvgIpc) is 2.69. The Balaban J connectivity index is 1.51. The van der Waals surface area contributed by atoms with Gasteiger partial charge in [0.15, 0.2) is 6.04 Å². The number of anilines is 1. The summed E-state index contributed by atoms with van der Waals surface area (Å²) in [5, 5.41) is 3.02. The van der Waals surface area contributed by atoms with Gasteiger partial charge in [0.1, 0.15) is 38.5 Å². The van der Waals surface area contributed by atoms with Gasteiger partial charge in [-0.15, -0.1) is 0 Å². The molecule has 0 unspecified atom stereocenters. The molecule has 1 amide bonds. The third kappa shape index (κ3) is 4.62. The molecule has 1 heterocycles. The molecule has 1 fully saturated rings. The first kappa shape index (κ1) is 18.4. The Morgan fingerprint density at radius 2 is 1.69 bits per heavy atom. The Morgan fingerprint density at radius 3 is 2.38 bits per heavy atom. The van der Waals surface area contributed by atoms with Crippen LogP contribution in [0.3, 0.4) is 0 Å². The molecule has 1 atom stereocenters. The van der Waals surface area contributed by atoms with Crippen molar-refractivity contribution in [2.45, 2.75) is 19.5 Å². The number of hydrogen-bond donors (Lipinski definition) is 3. The number of hydrogen-bond acceptors (Lipinski definition) is 2. The molecule has 0 saturated carbocycles. The molecule has 26 heavy (non-hydrogen) atoms. The lowest BCUT2D eigenvalue weighted by Crippen LogP contribution is -3.29. The SMILES string of the molecule is COc1ccccc1NC(=O)[C@H](C)[NH+]1CC[NH+](Cc2ccccc2)CC1. The normalized spacial score (nSPS) is 21.0. The lowest BCUT2D eigenvalue weighted by molar-refractivity contribution is -1.02. The van der Waals surface area contributed by atoms with Gasteiger partial charge < -0.3 is 19.9 Å². The van der Waals surface area contributed by atoms with Crippen LogP contribution in [0.15, 0.2) is 54.6 Å². The van der Waals surface area contributed by atoms with E-state index >= 15 is 0 Å². The van der Waals surface area contributed by atoms with Crippen LogP contribution in [0.5, 0.6) is 5.75 Å². The summed E-state index contributed by atoms with van der Waals surface area (Å²) in [5.41, 5.74) is 2.12. The van der Waals surface area contributed by atoms with E-state index in [2.05, 4.69) is 35.6 Å². The molecule has 0 bridgehead atoms. The highest BCUT2D eigenvalue weighted by Gasteiger charge is 2.31. The van der Waals surface area contributed by atoms with Crippen LogP contribution in [-0.4, -0.2) is 45.2 Å². The monoisotopic (exact) mass is 355 g/mol. The summed E-state index contributed by atoms with van der Waals surface area (Å²) in [7, 11) is 1.62. The number of quaternary nitrogens is 2. The Kier molecular flexibility index (Phi) is 6.26. The van der Waals surface area contributed by atoms with Gasteiger partial charge in [0.05, 0.1) is 12.8 Å². The lowest BCUT2D eigenvalue weighted by atomic mass is 10.1. The van der Waals surface area contributed by atoms with Crippen LogP contribution in [0.2, 0.25) is 0 Å². The fraction of sp³-hybridized carbons (Fsp3) is 0.381. The first-order chi connectivity index (χ1) is 12.7. The van der Waals surface area contributed by atoms with Crippen LogP contribution < -0.4 is 19.9 Å². The molecule has 2 aromatic carbocycles. The van der Waals surface area contributed by atoms with E-state index in [0.29, 0.717) is 5.75 Å². The second-order valence-electron chi connectivity index (χ2n) is 6.98. The molecular formula is C21H29N3O2+2. The lowest BCUT2D eigenvalue weighted by Gasteiger charge is -2.32. The molecule has 0 aliphatic carbocycles. The van der Waals surface area contributed by atoms with Gasteiger partial charge >= 0.3 is 0 Å². The predicted octanol–water partition coefficient (Wildman–Crippen LogP) is 0.00580. The minimum Gasteiger partial charge on any atom is -0.495 e. The Morgan fingerprint density at radius 1 is 1.04 bits per heavy atom. The van der Waals surface area contributed by atoms with Gasteiger partial charge in [-0.1, -0.05) is 42.5 Å². The Hall–Kier alpha value is -2.37. The Labute approximate surface area is 155 Å². The van der Waals surface area contributed by atoms with E-state index in [4.69, 9.17) is 4.74 Å².